The molecule has 0 atom stereocenters. The molecule has 0 radical (unpaired) electrons. The fraction of sp³-hybridized carbons (Fsp3) is 0. The van der Waals surface area contributed by atoms with Gasteiger partial charge < -0.3 is 5.32 Å². The summed E-state index contributed by atoms with van der Waals surface area (Å²) >= 11 is 6.40. The third-order valence-electron chi connectivity index (χ3n) is 3.73. The molecule has 4 rings (SSSR count). The molecule has 1 aliphatic heterocycles. The zero-order valence-electron chi connectivity index (χ0n) is 11.5. The average molecular weight is 321 g/mol. The molecule has 0 spiro atoms. The van der Waals surface area contributed by atoms with E-state index in [2.05, 4.69) is 35.6 Å². The van der Waals surface area contributed by atoms with Crippen molar-refractivity contribution in [2.45, 2.75) is 0 Å². The van der Waals surface area contributed by atoms with Crippen molar-refractivity contribution < 1.29 is 4.79 Å². The molecular formula is C18H11NOS2. The van der Waals surface area contributed by atoms with Gasteiger partial charge in [-0.3, -0.25) is 4.79 Å². The van der Waals surface area contributed by atoms with Crippen LogP contribution >= 0.6 is 24.0 Å². The van der Waals surface area contributed by atoms with E-state index in [1.807, 2.05) is 30.3 Å². The van der Waals surface area contributed by atoms with Crippen LogP contribution in [0.5, 0.6) is 0 Å². The fourth-order valence-electron chi connectivity index (χ4n) is 2.76. The highest BCUT2D eigenvalue weighted by Crippen LogP contribution is 2.33. The fourth-order valence-corrected chi connectivity index (χ4v) is 3.77. The number of thiocarbonyl (C=S) groups is 1. The summed E-state index contributed by atoms with van der Waals surface area (Å²) in [6.45, 7) is 0. The lowest BCUT2D eigenvalue weighted by Gasteiger charge is -2.09. The van der Waals surface area contributed by atoms with Gasteiger partial charge in [0.15, 0.2) is 0 Å². The van der Waals surface area contributed by atoms with Gasteiger partial charge in [0.05, 0.1) is 4.91 Å². The molecule has 1 aliphatic rings. The van der Waals surface area contributed by atoms with Crippen LogP contribution < -0.4 is 5.32 Å². The van der Waals surface area contributed by atoms with E-state index in [4.69, 9.17) is 12.2 Å². The molecule has 0 unspecified atom stereocenters. The van der Waals surface area contributed by atoms with Crippen molar-refractivity contribution in [3.63, 3.8) is 0 Å². The Labute approximate surface area is 137 Å². The van der Waals surface area contributed by atoms with E-state index >= 15 is 0 Å². The van der Waals surface area contributed by atoms with Crippen molar-refractivity contribution in [3.05, 3.63) is 65.1 Å². The third-order valence-corrected chi connectivity index (χ3v) is 5.01. The minimum Gasteiger partial charge on any atom is -0.307 e. The van der Waals surface area contributed by atoms with E-state index in [9.17, 15) is 4.79 Å². The number of hydrogen-bond donors (Lipinski definition) is 1. The third kappa shape index (κ3) is 2.21. The molecule has 2 nitrogen and oxygen atoms in total. The molecule has 1 N–H and O–H groups in total. The van der Waals surface area contributed by atoms with Crippen molar-refractivity contribution in [3.8, 4) is 0 Å². The van der Waals surface area contributed by atoms with Crippen LogP contribution in [0.3, 0.4) is 0 Å². The molecule has 22 heavy (non-hydrogen) atoms. The molecule has 1 heterocycles. The zero-order valence-corrected chi connectivity index (χ0v) is 13.1. The largest absolute Gasteiger partial charge is 0.307 e. The Hall–Kier alpha value is -2.17. The van der Waals surface area contributed by atoms with Crippen LogP contribution in [-0.2, 0) is 0 Å². The van der Waals surface area contributed by atoms with E-state index in [1.165, 1.54) is 10.8 Å². The number of hydrogen-bond acceptors (Lipinski definition) is 3. The second-order valence-electron chi connectivity index (χ2n) is 5.08. The highest BCUT2D eigenvalue weighted by Gasteiger charge is 2.22. The van der Waals surface area contributed by atoms with Crippen LogP contribution in [0.1, 0.15) is 5.56 Å². The maximum atomic E-state index is 11.5. The predicted molar refractivity (Wildman–Crippen MR) is 98.2 cm³/mol. The number of benzene rings is 3. The summed E-state index contributed by atoms with van der Waals surface area (Å²) in [6.07, 6.45) is 2.02. The van der Waals surface area contributed by atoms with E-state index in [0.717, 1.165) is 33.0 Å². The van der Waals surface area contributed by atoms with Gasteiger partial charge in [0.25, 0.3) is 5.24 Å². The topological polar surface area (TPSA) is 29.1 Å². The molecule has 3 aromatic carbocycles. The molecule has 106 valence electrons. The van der Waals surface area contributed by atoms with Crippen molar-refractivity contribution in [1.82, 2.24) is 5.32 Å². The Morgan fingerprint density at radius 1 is 0.955 bits per heavy atom. The van der Waals surface area contributed by atoms with Gasteiger partial charge in [-0.25, -0.2) is 0 Å². The smallest absolute Gasteiger partial charge is 0.289 e. The highest BCUT2D eigenvalue weighted by atomic mass is 32.2. The number of thioether (sulfide) groups is 1. The molecular weight excluding hydrogens is 310 g/mol. The van der Waals surface area contributed by atoms with E-state index < -0.39 is 0 Å². The minimum absolute atomic E-state index is 0.110. The monoisotopic (exact) mass is 321 g/mol. The second-order valence-corrected chi connectivity index (χ2v) is 6.51. The lowest BCUT2D eigenvalue weighted by molar-refractivity contribution is 0.265. The van der Waals surface area contributed by atoms with Crippen molar-refractivity contribution in [2.24, 2.45) is 0 Å². The summed E-state index contributed by atoms with van der Waals surface area (Å²) < 4.78 is 0. The summed E-state index contributed by atoms with van der Waals surface area (Å²) in [5.74, 6) is 0. The first-order valence-electron chi connectivity index (χ1n) is 6.88. The number of rotatable bonds is 1. The molecule has 1 saturated heterocycles. The number of carbonyl (C=O) groups is 1. The molecule has 1 fully saturated rings. The lowest BCUT2D eigenvalue weighted by Crippen LogP contribution is -2.15. The van der Waals surface area contributed by atoms with Gasteiger partial charge in [-0.2, -0.15) is 0 Å². The molecule has 3 aromatic rings. The summed E-state index contributed by atoms with van der Waals surface area (Å²) in [5, 5.41) is 7.25. The Morgan fingerprint density at radius 3 is 2.09 bits per heavy atom. The first-order chi connectivity index (χ1) is 10.7. The van der Waals surface area contributed by atoms with Crippen LogP contribution in [0, 0.1) is 0 Å². The maximum Gasteiger partial charge on any atom is 0.289 e. The number of carbonyl (C=O) groups excluding carboxylic acids is 1. The van der Waals surface area contributed by atoms with Gasteiger partial charge in [0, 0.05) is 0 Å². The van der Waals surface area contributed by atoms with Gasteiger partial charge in [-0.15, -0.1) is 0 Å². The SMILES string of the molecule is O=C1NC(=S)C(=Cc2c3ccccc3cc3ccccc23)S1. The predicted octanol–water partition coefficient (Wildman–Crippen LogP) is 5.12. The lowest BCUT2D eigenvalue weighted by atomic mass is 9.96. The molecule has 0 aromatic heterocycles. The summed E-state index contributed by atoms with van der Waals surface area (Å²) in [5.41, 5.74) is 1.11. The Morgan fingerprint density at radius 2 is 1.55 bits per heavy atom. The van der Waals surface area contributed by atoms with Crippen molar-refractivity contribution >= 4 is 61.8 Å². The van der Waals surface area contributed by atoms with Crippen LogP contribution in [0.2, 0.25) is 0 Å². The maximum absolute atomic E-state index is 11.5. The normalized spacial score (nSPS) is 16.6. The minimum atomic E-state index is -0.110. The first-order valence-corrected chi connectivity index (χ1v) is 8.10. The summed E-state index contributed by atoms with van der Waals surface area (Å²) in [6, 6.07) is 18.7. The standard InChI is InChI=1S/C18H11NOS2/c20-18-19-17(21)16(22-18)10-15-13-7-3-1-5-11(13)9-12-6-2-4-8-14(12)15/h1-10H,(H,19,20,21). The molecule has 0 saturated carbocycles. The molecule has 1 amide bonds. The number of amides is 1. The van der Waals surface area contributed by atoms with Gasteiger partial charge in [-0.1, -0.05) is 60.7 Å². The Kier molecular flexibility index (Phi) is 3.21. The quantitative estimate of drug-likeness (QED) is 0.383. The van der Waals surface area contributed by atoms with Gasteiger partial charge in [-0.05, 0) is 51.0 Å². The van der Waals surface area contributed by atoms with E-state index in [1.54, 1.807) is 0 Å². The molecule has 0 bridgehead atoms. The van der Waals surface area contributed by atoms with E-state index in [0.29, 0.717) is 4.99 Å². The van der Waals surface area contributed by atoms with Crippen LogP contribution in [0.25, 0.3) is 27.6 Å². The Bertz CT molecular complexity index is 921. The number of nitrogens with one attached hydrogen (secondary N) is 1. The van der Waals surface area contributed by atoms with Crippen LogP contribution in [0.4, 0.5) is 4.79 Å². The van der Waals surface area contributed by atoms with Gasteiger partial charge >= 0.3 is 0 Å². The summed E-state index contributed by atoms with van der Waals surface area (Å²) in [7, 11) is 0. The molecule has 0 aliphatic carbocycles. The number of fused-ring (bicyclic) bond motifs is 2. The Balaban J connectivity index is 2.07. The van der Waals surface area contributed by atoms with E-state index in [-0.39, 0.29) is 5.24 Å². The van der Waals surface area contributed by atoms with Gasteiger partial charge in [0.2, 0.25) is 0 Å². The summed E-state index contributed by atoms with van der Waals surface area (Å²) in [4.78, 5) is 12.8. The average Bonchev–Trinajstić information content (AvgIpc) is 2.84. The van der Waals surface area contributed by atoms with Crippen LogP contribution in [0.15, 0.2) is 59.5 Å². The van der Waals surface area contributed by atoms with Gasteiger partial charge in [0.1, 0.15) is 4.99 Å². The van der Waals surface area contributed by atoms with Crippen molar-refractivity contribution in [1.29, 1.82) is 0 Å². The van der Waals surface area contributed by atoms with Crippen LogP contribution in [-0.4, -0.2) is 10.2 Å². The van der Waals surface area contributed by atoms with Crippen molar-refractivity contribution in [2.75, 3.05) is 0 Å². The zero-order chi connectivity index (χ0) is 15.1. The molecule has 4 heteroatoms. The second kappa shape index (κ2) is 5.23. The first kappa shape index (κ1) is 13.5. The highest BCUT2D eigenvalue weighted by molar-refractivity contribution is 8.19.